The summed E-state index contributed by atoms with van der Waals surface area (Å²) in [7, 11) is 1.52. The highest BCUT2D eigenvalue weighted by Crippen LogP contribution is 2.04. The van der Waals surface area contributed by atoms with Gasteiger partial charge in [-0.2, -0.15) is 0 Å². The van der Waals surface area contributed by atoms with Crippen LogP contribution in [-0.2, 0) is 16.1 Å². The van der Waals surface area contributed by atoms with Crippen LogP contribution in [0.4, 0.5) is 0 Å². The Morgan fingerprint density at radius 3 is 3.00 bits per heavy atom. The second-order valence-electron chi connectivity index (χ2n) is 3.75. The predicted octanol–water partition coefficient (Wildman–Crippen LogP) is 0.405. The van der Waals surface area contributed by atoms with Crippen molar-refractivity contribution in [2.45, 2.75) is 13.0 Å². The highest BCUT2D eigenvalue weighted by molar-refractivity contribution is 5.77. The van der Waals surface area contributed by atoms with Crippen molar-refractivity contribution < 1.29 is 9.53 Å². The van der Waals surface area contributed by atoms with Crippen LogP contribution >= 0.6 is 0 Å². The van der Waals surface area contributed by atoms with Crippen molar-refractivity contribution in [3.8, 4) is 0 Å². The quantitative estimate of drug-likeness (QED) is 0.745. The molecular formula is C12H19N3O2. The number of pyridine rings is 1. The molecule has 0 radical (unpaired) electrons. The third-order valence-electron chi connectivity index (χ3n) is 2.35. The Bertz CT molecular complexity index is 330. The van der Waals surface area contributed by atoms with Crippen molar-refractivity contribution in [1.29, 1.82) is 0 Å². The summed E-state index contributed by atoms with van der Waals surface area (Å²) >= 11 is 0. The van der Waals surface area contributed by atoms with Gasteiger partial charge in [-0.15, -0.1) is 0 Å². The van der Waals surface area contributed by atoms with E-state index >= 15 is 0 Å². The van der Waals surface area contributed by atoms with Gasteiger partial charge < -0.3 is 15.4 Å². The average molecular weight is 237 g/mol. The molecule has 1 heterocycles. The van der Waals surface area contributed by atoms with E-state index in [1.807, 2.05) is 12.1 Å². The molecule has 0 fully saturated rings. The monoisotopic (exact) mass is 237 g/mol. The molecule has 0 aromatic carbocycles. The minimum atomic E-state index is -0.0233. The highest BCUT2D eigenvalue weighted by atomic mass is 16.5. The zero-order valence-electron chi connectivity index (χ0n) is 10.1. The molecule has 2 N–H and O–H groups in total. The second kappa shape index (κ2) is 7.76. The number of hydrogen-bond donors (Lipinski definition) is 1. The summed E-state index contributed by atoms with van der Waals surface area (Å²) in [6.45, 7) is 1.87. The molecule has 0 saturated carbocycles. The third kappa shape index (κ3) is 4.93. The summed E-state index contributed by atoms with van der Waals surface area (Å²) in [5.74, 6) is -0.0233. The van der Waals surface area contributed by atoms with E-state index in [0.717, 1.165) is 12.0 Å². The Balaban J connectivity index is 2.59. The molecule has 1 aromatic heterocycles. The standard InChI is InChI=1S/C12H19N3O2/c1-17-10-12(16)15(7-3-5-13)9-11-4-2-6-14-8-11/h2,4,6,8H,3,5,7,9-10,13H2,1H3. The molecule has 94 valence electrons. The minimum absolute atomic E-state index is 0.0233. The number of carbonyl (C=O) groups excluding carboxylic acids is 1. The number of hydrogen-bond acceptors (Lipinski definition) is 4. The number of nitrogens with two attached hydrogens (primary N) is 1. The van der Waals surface area contributed by atoms with Gasteiger partial charge in [0.25, 0.3) is 0 Å². The van der Waals surface area contributed by atoms with Crippen LogP contribution in [0.25, 0.3) is 0 Å². The molecule has 17 heavy (non-hydrogen) atoms. The number of ether oxygens (including phenoxy) is 1. The Morgan fingerprint density at radius 1 is 1.59 bits per heavy atom. The molecule has 0 unspecified atom stereocenters. The van der Waals surface area contributed by atoms with Crippen molar-refractivity contribution in [2.75, 3.05) is 26.8 Å². The van der Waals surface area contributed by atoms with Crippen molar-refractivity contribution in [2.24, 2.45) is 5.73 Å². The number of methoxy groups -OCH3 is 1. The first-order valence-corrected chi connectivity index (χ1v) is 5.63. The van der Waals surface area contributed by atoms with Gasteiger partial charge in [-0.05, 0) is 24.6 Å². The van der Waals surface area contributed by atoms with Gasteiger partial charge in [-0.25, -0.2) is 0 Å². The fraction of sp³-hybridized carbons (Fsp3) is 0.500. The maximum Gasteiger partial charge on any atom is 0.248 e. The second-order valence-corrected chi connectivity index (χ2v) is 3.75. The van der Waals surface area contributed by atoms with Crippen molar-refractivity contribution in [1.82, 2.24) is 9.88 Å². The van der Waals surface area contributed by atoms with E-state index in [2.05, 4.69) is 4.98 Å². The third-order valence-corrected chi connectivity index (χ3v) is 2.35. The lowest BCUT2D eigenvalue weighted by molar-refractivity contribution is -0.135. The van der Waals surface area contributed by atoms with Gasteiger partial charge in [0.05, 0.1) is 0 Å². The fourth-order valence-electron chi connectivity index (χ4n) is 1.50. The largest absolute Gasteiger partial charge is 0.375 e. The Labute approximate surface area is 102 Å². The lowest BCUT2D eigenvalue weighted by atomic mass is 10.2. The molecule has 0 bridgehead atoms. The zero-order valence-corrected chi connectivity index (χ0v) is 10.1. The first kappa shape index (κ1) is 13.6. The summed E-state index contributed by atoms with van der Waals surface area (Å²) < 4.78 is 4.86. The summed E-state index contributed by atoms with van der Waals surface area (Å²) in [4.78, 5) is 17.6. The molecule has 0 aliphatic carbocycles. The van der Waals surface area contributed by atoms with Gasteiger partial charge >= 0.3 is 0 Å². The topological polar surface area (TPSA) is 68.5 Å². The van der Waals surface area contributed by atoms with E-state index in [4.69, 9.17) is 10.5 Å². The Hall–Kier alpha value is -1.46. The van der Waals surface area contributed by atoms with Gasteiger partial charge in [-0.3, -0.25) is 9.78 Å². The van der Waals surface area contributed by atoms with Crippen molar-refractivity contribution in [3.63, 3.8) is 0 Å². The van der Waals surface area contributed by atoms with E-state index in [1.54, 1.807) is 17.3 Å². The number of rotatable bonds is 7. The minimum Gasteiger partial charge on any atom is -0.375 e. The van der Waals surface area contributed by atoms with Crippen LogP contribution in [0.5, 0.6) is 0 Å². The predicted molar refractivity (Wildman–Crippen MR) is 65.2 cm³/mol. The first-order valence-electron chi connectivity index (χ1n) is 5.63. The molecule has 0 atom stereocenters. The molecule has 0 aliphatic rings. The van der Waals surface area contributed by atoms with Crippen LogP contribution in [0.1, 0.15) is 12.0 Å². The van der Waals surface area contributed by atoms with Crippen LogP contribution in [0, 0.1) is 0 Å². The molecule has 1 amide bonds. The number of nitrogens with zero attached hydrogens (tertiary/aromatic N) is 2. The van der Waals surface area contributed by atoms with Gasteiger partial charge in [0.1, 0.15) is 6.61 Å². The van der Waals surface area contributed by atoms with E-state index in [0.29, 0.717) is 19.6 Å². The molecule has 1 aromatic rings. The smallest absolute Gasteiger partial charge is 0.248 e. The summed E-state index contributed by atoms with van der Waals surface area (Å²) in [5, 5.41) is 0. The van der Waals surface area contributed by atoms with Gasteiger partial charge in [-0.1, -0.05) is 6.07 Å². The van der Waals surface area contributed by atoms with E-state index < -0.39 is 0 Å². The van der Waals surface area contributed by atoms with Crippen molar-refractivity contribution in [3.05, 3.63) is 30.1 Å². The molecular weight excluding hydrogens is 218 g/mol. The fourth-order valence-corrected chi connectivity index (χ4v) is 1.50. The van der Waals surface area contributed by atoms with Gasteiger partial charge in [0, 0.05) is 32.6 Å². The van der Waals surface area contributed by atoms with Crippen molar-refractivity contribution >= 4 is 5.91 Å². The van der Waals surface area contributed by atoms with Crippen LogP contribution in [0.2, 0.25) is 0 Å². The molecule has 5 heteroatoms. The number of aromatic nitrogens is 1. The SMILES string of the molecule is COCC(=O)N(CCCN)Cc1cccnc1. The molecule has 5 nitrogen and oxygen atoms in total. The normalized spacial score (nSPS) is 10.2. The summed E-state index contributed by atoms with van der Waals surface area (Å²) in [6, 6.07) is 3.81. The lowest BCUT2D eigenvalue weighted by Crippen LogP contribution is -2.35. The van der Waals surface area contributed by atoms with Gasteiger partial charge in [0.2, 0.25) is 5.91 Å². The van der Waals surface area contributed by atoms with Crippen LogP contribution in [-0.4, -0.2) is 42.6 Å². The molecule has 0 aliphatic heterocycles. The van der Waals surface area contributed by atoms with E-state index in [-0.39, 0.29) is 12.5 Å². The van der Waals surface area contributed by atoms with Crippen LogP contribution in [0.15, 0.2) is 24.5 Å². The first-order chi connectivity index (χ1) is 8.27. The highest BCUT2D eigenvalue weighted by Gasteiger charge is 2.12. The van der Waals surface area contributed by atoms with Crippen LogP contribution < -0.4 is 5.73 Å². The summed E-state index contributed by atoms with van der Waals surface area (Å²) in [6.07, 6.45) is 4.26. The van der Waals surface area contributed by atoms with E-state index in [9.17, 15) is 4.79 Å². The lowest BCUT2D eigenvalue weighted by Gasteiger charge is -2.22. The number of carbonyl (C=O) groups is 1. The number of amides is 1. The zero-order chi connectivity index (χ0) is 12.5. The molecule has 0 spiro atoms. The Kier molecular flexibility index (Phi) is 6.21. The average Bonchev–Trinajstić information content (AvgIpc) is 2.36. The maximum atomic E-state index is 11.8. The molecule has 1 rings (SSSR count). The Morgan fingerprint density at radius 2 is 2.41 bits per heavy atom. The maximum absolute atomic E-state index is 11.8. The van der Waals surface area contributed by atoms with Gasteiger partial charge in [0.15, 0.2) is 0 Å². The summed E-state index contributed by atoms with van der Waals surface area (Å²) in [5.41, 5.74) is 6.47. The molecule has 0 saturated heterocycles. The van der Waals surface area contributed by atoms with Crippen LogP contribution in [0.3, 0.4) is 0 Å². The van der Waals surface area contributed by atoms with E-state index in [1.165, 1.54) is 7.11 Å².